The Labute approximate surface area is 154 Å². The number of rotatable bonds is 7. The van der Waals surface area contributed by atoms with Gasteiger partial charge in [-0.05, 0) is 32.0 Å². The van der Waals surface area contributed by atoms with Crippen molar-refractivity contribution < 1.29 is 9.59 Å². The predicted octanol–water partition coefficient (Wildman–Crippen LogP) is 1.45. The Balaban J connectivity index is 1.82. The van der Waals surface area contributed by atoms with E-state index in [1.54, 1.807) is 4.90 Å². The molecule has 1 heterocycles. The van der Waals surface area contributed by atoms with Crippen LogP contribution in [0.2, 0.25) is 5.02 Å². The van der Waals surface area contributed by atoms with Crippen LogP contribution in [0.3, 0.4) is 0 Å². The summed E-state index contributed by atoms with van der Waals surface area (Å²) in [5.74, 6) is -0.103. The predicted molar refractivity (Wildman–Crippen MR) is 101 cm³/mol. The van der Waals surface area contributed by atoms with Crippen molar-refractivity contribution in [3.05, 3.63) is 29.3 Å². The van der Waals surface area contributed by atoms with E-state index in [-0.39, 0.29) is 18.4 Å². The van der Waals surface area contributed by atoms with Crippen molar-refractivity contribution in [3.8, 4) is 0 Å². The van der Waals surface area contributed by atoms with Crippen molar-refractivity contribution in [2.24, 2.45) is 0 Å². The third-order valence-corrected chi connectivity index (χ3v) is 4.58. The second-order valence-electron chi connectivity index (χ2n) is 6.10. The van der Waals surface area contributed by atoms with Gasteiger partial charge >= 0.3 is 0 Å². The van der Waals surface area contributed by atoms with Crippen molar-refractivity contribution in [1.29, 1.82) is 0 Å². The maximum absolute atomic E-state index is 12.5. The van der Waals surface area contributed by atoms with E-state index in [1.807, 2.05) is 32.0 Å². The van der Waals surface area contributed by atoms with E-state index in [0.29, 0.717) is 19.6 Å². The number of carbonyl (C=O) groups excluding carboxylic acids is 2. The Hall–Kier alpha value is -1.79. The molecular formula is C18H27ClN4O2. The number of hydrogen-bond acceptors (Lipinski definition) is 4. The molecule has 0 bridgehead atoms. The van der Waals surface area contributed by atoms with Crippen LogP contribution in [-0.4, -0.2) is 74.0 Å². The van der Waals surface area contributed by atoms with Gasteiger partial charge in [0, 0.05) is 50.0 Å². The Morgan fingerprint density at radius 3 is 2.52 bits per heavy atom. The number of carbonyl (C=O) groups is 2. The molecule has 0 unspecified atom stereocenters. The molecule has 1 aliphatic heterocycles. The van der Waals surface area contributed by atoms with Gasteiger partial charge in [0.05, 0.1) is 13.1 Å². The summed E-state index contributed by atoms with van der Waals surface area (Å²) in [5, 5.41) is 3.47. The first-order chi connectivity index (χ1) is 12.0. The lowest BCUT2D eigenvalue weighted by Gasteiger charge is -2.36. The molecule has 1 fully saturated rings. The van der Waals surface area contributed by atoms with Gasteiger partial charge in [-0.2, -0.15) is 0 Å². The Morgan fingerprint density at radius 1 is 1.20 bits per heavy atom. The molecule has 7 heteroatoms. The minimum absolute atomic E-state index is 0.00459. The van der Waals surface area contributed by atoms with Crippen molar-refractivity contribution in [2.45, 2.75) is 13.8 Å². The first kappa shape index (κ1) is 19.5. The number of halogens is 1. The van der Waals surface area contributed by atoms with Gasteiger partial charge in [-0.25, -0.2) is 0 Å². The summed E-state index contributed by atoms with van der Waals surface area (Å²) in [5.41, 5.74) is 1.12. The van der Waals surface area contributed by atoms with Crippen molar-refractivity contribution >= 4 is 29.1 Å². The van der Waals surface area contributed by atoms with Crippen LogP contribution in [-0.2, 0) is 9.59 Å². The van der Waals surface area contributed by atoms with Gasteiger partial charge in [0.1, 0.15) is 0 Å². The van der Waals surface area contributed by atoms with Crippen molar-refractivity contribution in [3.63, 3.8) is 0 Å². The number of amides is 2. The number of nitrogens with one attached hydrogen (secondary N) is 1. The molecule has 1 N–H and O–H groups in total. The summed E-state index contributed by atoms with van der Waals surface area (Å²) in [7, 11) is 0. The van der Waals surface area contributed by atoms with E-state index < -0.39 is 0 Å². The zero-order valence-electron chi connectivity index (χ0n) is 15.0. The normalized spacial score (nSPS) is 15.1. The largest absolute Gasteiger partial charge is 0.369 e. The quantitative estimate of drug-likeness (QED) is 0.793. The third kappa shape index (κ3) is 5.90. The minimum Gasteiger partial charge on any atom is -0.369 e. The first-order valence-electron chi connectivity index (χ1n) is 8.80. The third-order valence-electron chi connectivity index (χ3n) is 4.35. The molecule has 0 saturated carbocycles. The highest BCUT2D eigenvalue weighted by Crippen LogP contribution is 2.20. The van der Waals surface area contributed by atoms with Crippen LogP contribution < -0.4 is 10.2 Å². The number of benzene rings is 1. The monoisotopic (exact) mass is 366 g/mol. The van der Waals surface area contributed by atoms with E-state index in [1.165, 1.54) is 0 Å². The van der Waals surface area contributed by atoms with E-state index in [4.69, 9.17) is 11.6 Å². The Morgan fingerprint density at radius 2 is 1.92 bits per heavy atom. The van der Waals surface area contributed by atoms with Crippen molar-refractivity contribution in [2.75, 3.05) is 57.3 Å². The number of hydrogen-bond donors (Lipinski definition) is 1. The molecule has 1 aromatic carbocycles. The number of anilines is 1. The van der Waals surface area contributed by atoms with Crippen LogP contribution in [0.25, 0.3) is 0 Å². The maximum atomic E-state index is 12.5. The molecule has 25 heavy (non-hydrogen) atoms. The fourth-order valence-electron chi connectivity index (χ4n) is 2.93. The lowest BCUT2D eigenvalue weighted by atomic mass is 10.2. The lowest BCUT2D eigenvalue weighted by Crippen LogP contribution is -2.51. The fraction of sp³-hybridized carbons (Fsp3) is 0.556. The molecule has 2 amide bonds. The van der Waals surface area contributed by atoms with Gasteiger partial charge in [-0.15, -0.1) is 0 Å². The summed E-state index contributed by atoms with van der Waals surface area (Å²) in [4.78, 5) is 30.2. The van der Waals surface area contributed by atoms with Gasteiger partial charge in [0.25, 0.3) is 0 Å². The second-order valence-corrected chi connectivity index (χ2v) is 6.54. The standard InChI is InChI=1S/C18H27ClN4O2/c1-3-20-17(24)13-22(4-2)18(25)14-21-8-10-23(11-9-21)16-7-5-6-15(19)12-16/h5-7,12H,3-4,8-11,13-14H2,1-2H3,(H,20,24). The number of nitrogens with zero attached hydrogens (tertiary/aromatic N) is 3. The summed E-state index contributed by atoms with van der Waals surface area (Å²) < 4.78 is 0. The zero-order chi connectivity index (χ0) is 18.2. The van der Waals surface area contributed by atoms with Crippen LogP contribution >= 0.6 is 11.6 Å². The van der Waals surface area contributed by atoms with Gasteiger partial charge in [-0.1, -0.05) is 17.7 Å². The van der Waals surface area contributed by atoms with Crippen molar-refractivity contribution in [1.82, 2.24) is 15.1 Å². The molecule has 2 rings (SSSR count). The molecular weight excluding hydrogens is 340 g/mol. The van der Waals surface area contributed by atoms with Crippen LogP contribution in [0.15, 0.2) is 24.3 Å². The number of likely N-dealkylation sites (N-methyl/N-ethyl adjacent to an activating group) is 2. The highest BCUT2D eigenvalue weighted by molar-refractivity contribution is 6.30. The fourth-order valence-corrected chi connectivity index (χ4v) is 3.12. The van der Waals surface area contributed by atoms with Gasteiger partial charge in [-0.3, -0.25) is 14.5 Å². The summed E-state index contributed by atoms with van der Waals surface area (Å²) >= 11 is 6.06. The van der Waals surface area contributed by atoms with Crippen LogP contribution in [0, 0.1) is 0 Å². The lowest BCUT2D eigenvalue weighted by molar-refractivity contribution is -0.136. The van der Waals surface area contributed by atoms with E-state index >= 15 is 0 Å². The SMILES string of the molecule is CCNC(=O)CN(CC)C(=O)CN1CCN(c2cccc(Cl)c2)CC1. The van der Waals surface area contributed by atoms with Gasteiger partial charge in [0.15, 0.2) is 0 Å². The first-order valence-corrected chi connectivity index (χ1v) is 9.18. The molecule has 1 aromatic rings. The topological polar surface area (TPSA) is 55.9 Å². The van der Waals surface area contributed by atoms with E-state index in [0.717, 1.165) is 36.9 Å². The maximum Gasteiger partial charge on any atom is 0.239 e. The molecule has 0 spiro atoms. The van der Waals surface area contributed by atoms with Crippen LogP contribution in [0.1, 0.15) is 13.8 Å². The smallest absolute Gasteiger partial charge is 0.239 e. The molecule has 0 atom stereocenters. The second kappa shape index (κ2) is 9.63. The molecule has 6 nitrogen and oxygen atoms in total. The van der Waals surface area contributed by atoms with Gasteiger partial charge in [0.2, 0.25) is 11.8 Å². The minimum atomic E-state index is -0.108. The molecule has 0 radical (unpaired) electrons. The molecule has 0 aromatic heterocycles. The van der Waals surface area contributed by atoms with Crippen LogP contribution in [0.5, 0.6) is 0 Å². The summed E-state index contributed by atoms with van der Waals surface area (Å²) in [6.07, 6.45) is 0. The van der Waals surface area contributed by atoms with Crippen LogP contribution in [0.4, 0.5) is 5.69 Å². The molecule has 0 aliphatic carbocycles. The average molecular weight is 367 g/mol. The average Bonchev–Trinajstić information content (AvgIpc) is 2.60. The highest BCUT2D eigenvalue weighted by Gasteiger charge is 2.22. The summed E-state index contributed by atoms with van der Waals surface area (Å²) in [6, 6.07) is 7.84. The Bertz CT molecular complexity index is 588. The molecule has 138 valence electrons. The van der Waals surface area contributed by atoms with E-state index in [9.17, 15) is 9.59 Å². The Kier molecular flexibility index (Phi) is 7.52. The summed E-state index contributed by atoms with van der Waals surface area (Å²) in [6.45, 7) is 8.72. The zero-order valence-corrected chi connectivity index (χ0v) is 15.8. The highest BCUT2D eigenvalue weighted by atomic mass is 35.5. The molecule has 1 aliphatic rings. The van der Waals surface area contributed by atoms with Gasteiger partial charge < -0.3 is 15.1 Å². The number of piperazine rings is 1. The van der Waals surface area contributed by atoms with E-state index in [2.05, 4.69) is 21.2 Å². The molecule has 1 saturated heterocycles.